The summed E-state index contributed by atoms with van der Waals surface area (Å²) in [4.78, 5) is 18.7. The lowest BCUT2D eigenvalue weighted by atomic mass is 10.3. The molecule has 0 aromatic carbocycles. The van der Waals surface area contributed by atoms with Gasteiger partial charge in [-0.05, 0) is 26.2 Å². The molecule has 0 saturated heterocycles. The van der Waals surface area contributed by atoms with Crippen LogP contribution in [0.5, 0.6) is 0 Å². The molecule has 0 saturated carbocycles. The topological polar surface area (TPSA) is 82.7 Å². The fraction of sp³-hybridized carbons (Fsp3) is 0.455. The van der Waals surface area contributed by atoms with Crippen molar-refractivity contribution in [2.75, 3.05) is 44.9 Å². The van der Waals surface area contributed by atoms with E-state index in [2.05, 4.69) is 4.98 Å². The van der Waals surface area contributed by atoms with Gasteiger partial charge in [0.1, 0.15) is 0 Å². The van der Waals surface area contributed by atoms with Crippen LogP contribution in [0.25, 0.3) is 0 Å². The number of aromatic nitrogens is 1. The van der Waals surface area contributed by atoms with Crippen LogP contribution < -0.4 is 10.6 Å². The minimum absolute atomic E-state index is 0.00547. The molecule has 0 spiro atoms. The van der Waals surface area contributed by atoms with Gasteiger partial charge in [0, 0.05) is 20.1 Å². The van der Waals surface area contributed by atoms with Crippen molar-refractivity contribution in [2.24, 2.45) is 0 Å². The number of carboxylic acid groups (broad SMARTS) is 1. The average Bonchev–Trinajstić information content (AvgIpc) is 2.26. The van der Waals surface area contributed by atoms with E-state index in [1.165, 1.54) is 6.07 Å². The van der Waals surface area contributed by atoms with Crippen molar-refractivity contribution in [3.8, 4) is 0 Å². The van der Waals surface area contributed by atoms with Crippen LogP contribution in [0.1, 0.15) is 10.5 Å². The third kappa shape index (κ3) is 3.60. The van der Waals surface area contributed by atoms with E-state index in [0.29, 0.717) is 11.5 Å². The van der Waals surface area contributed by atoms with E-state index < -0.39 is 5.97 Å². The molecule has 0 fully saturated rings. The summed E-state index contributed by atoms with van der Waals surface area (Å²) in [5.41, 5.74) is 6.27. The van der Waals surface area contributed by atoms with E-state index in [1.807, 2.05) is 30.9 Å². The van der Waals surface area contributed by atoms with Gasteiger partial charge >= 0.3 is 5.97 Å². The third-order valence-corrected chi connectivity index (χ3v) is 2.37. The molecule has 1 rings (SSSR count). The number of nitrogens with two attached hydrogens (primary N) is 1. The predicted octanol–water partition coefficient (Wildman–Crippen LogP) is 0.360. The average molecular weight is 238 g/mol. The first-order valence-corrected chi connectivity index (χ1v) is 5.27. The van der Waals surface area contributed by atoms with Gasteiger partial charge < -0.3 is 20.6 Å². The fourth-order valence-electron chi connectivity index (χ4n) is 1.34. The molecule has 0 aliphatic heterocycles. The van der Waals surface area contributed by atoms with Gasteiger partial charge in [-0.2, -0.15) is 0 Å². The Morgan fingerprint density at radius 2 is 2.00 bits per heavy atom. The second-order valence-corrected chi connectivity index (χ2v) is 4.14. The molecule has 0 atom stereocenters. The molecule has 1 aromatic rings. The molecule has 0 aliphatic rings. The standard InChI is InChI=1S/C11H18N4O2/c1-14(2)6-7-15(3)10-8(12)4-5-9(13-10)11(16)17/h4-5H,6-7,12H2,1-3H3,(H,16,17). The van der Waals surface area contributed by atoms with Crippen LogP contribution in [0.15, 0.2) is 12.1 Å². The predicted molar refractivity (Wildman–Crippen MR) is 67.4 cm³/mol. The number of anilines is 2. The van der Waals surface area contributed by atoms with Crippen LogP contribution in [0.3, 0.4) is 0 Å². The lowest BCUT2D eigenvalue weighted by molar-refractivity contribution is 0.0690. The van der Waals surface area contributed by atoms with Gasteiger partial charge in [0.2, 0.25) is 0 Å². The quantitative estimate of drug-likeness (QED) is 0.770. The summed E-state index contributed by atoms with van der Waals surface area (Å²) in [7, 11) is 5.78. The molecule has 0 amide bonds. The number of hydrogen-bond donors (Lipinski definition) is 2. The summed E-state index contributed by atoms with van der Waals surface area (Å²) < 4.78 is 0. The monoisotopic (exact) mass is 238 g/mol. The van der Waals surface area contributed by atoms with Crippen LogP contribution in [0.4, 0.5) is 11.5 Å². The molecule has 0 radical (unpaired) electrons. The van der Waals surface area contributed by atoms with Gasteiger partial charge in [-0.15, -0.1) is 0 Å². The van der Waals surface area contributed by atoms with Crippen molar-refractivity contribution in [2.45, 2.75) is 0 Å². The molecule has 6 heteroatoms. The maximum Gasteiger partial charge on any atom is 0.354 e. The molecule has 0 unspecified atom stereocenters. The molecule has 0 bridgehead atoms. The van der Waals surface area contributed by atoms with Gasteiger partial charge in [-0.3, -0.25) is 0 Å². The highest BCUT2D eigenvalue weighted by atomic mass is 16.4. The number of carbonyl (C=O) groups is 1. The first kappa shape index (κ1) is 13.2. The molecule has 0 aliphatic carbocycles. The van der Waals surface area contributed by atoms with E-state index in [1.54, 1.807) is 6.07 Å². The number of hydrogen-bond acceptors (Lipinski definition) is 5. The number of pyridine rings is 1. The fourth-order valence-corrected chi connectivity index (χ4v) is 1.34. The highest BCUT2D eigenvalue weighted by Gasteiger charge is 2.12. The van der Waals surface area contributed by atoms with Crippen molar-refractivity contribution in [3.63, 3.8) is 0 Å². The number of nitrogen functional groups attached to an aromatic ring is 1. The van der Waals surface area contributed by atoms with Crippen molar-refractivity contribution >= 4 is 17.5 Å². The summed E-state index contributed by atoms with van der Waals surface area (Å²) in [6.07, 6.45) is 0. The molecule has 3 N–H and O–H groups in total. The summed E-state index contributed by atoms with van der Waals surface area (Å²) in [5, 5.41) is 8.87. The van der Waals surface area contributed by atoms with Crippen molar-refractivity contribution in [1.29, 1.82) is 0 Å². The van der Waals surface area contributed by atoms with E-state index in [0.717, 1.165) is 13.1 Å². The molecule has 17 heavy (non-hydrogen) atoms. The van der Waals surface area contributed by atoms with Gasteiger partial charge in [0.25, 0.3) is 0 Å². The van der Waals surface area contributed by atoms with Gasteiger partial charge in [0.05, 0.1) is 5.69 Å². The van der Waals surface area contributed by atoms with Crippen molar-refractivity contribution in [1.82, 2.24) is 9.88 Å². The largest absolute Gasteiger partial charge is 0.477 e. The Bertz CT molecular complexity index is 406. The Kier molecular flexibility index (Phi) is 4.28. The SMILES string of the molecule is CN(C)CCN(C)c1nc(C(=O)O)ccc1N. The zero-order valence-corrected chi connectivity index (χ0v) is 10.3. The molecule has 94 valence electrons. The Morgan fingerprint density at radius 1 is 1.35 bits per heavy atom. The minimum atomic E-state index is -1.05. The molecule has 1 aromatic heterocycles. The van der Waals surface area contributed by atoms with Crippen LogP contribution in [0.2, 0.25) is 0 Å². The lowest BCUT2D eigenvalue weighted by Crippen LogP contribution is -2.29. The summed E-state index contributed by atoms with van der Waals surface area (Å²) in [5.74, 6) is -0.543. The minimum Gasteiger partial charge on any atom is -0.477 e. The van der Waals surface area contributed by atoms with E-state index in [-0.39, 0.29) is 5.69 Å². The molecule has 1 heterocycles. The first-order valence-electron chi connectivity index (χ1n) is 5.27. The smallest absolute Gasteiger partial charge is 0.354 e. The summed E-state index contributed by atoms with van der Waals surface area (Å²) in [6.45, 7) is 1.57. The zero-order chi connectivity index (χ0) is 13.0. The van der Waals surface area contributed by atoms with Gasteiger partial charge in [0.15, 0.2) is 11.5 Å². The van der Waals surface area contributed by atoms with Crippen molar-refractivity contribution < 1.29 is 9.90 Å². The summed E-state index contributed by atoms with van der Waals surface area (Å²) >= 11 is 0. The maximum absolute atomic E-state index is 10.8. The van der Waals surface area contributed by atoms with Crippen LogP contribution in [-0.4, -0.2) is 55.2 Å². The first-order chi connectivity index (χ1) is 7.91. The van der Waals surface area contributed by atoms with Gasteiger partial charge in [-0.25, -0.2) is 9.78 Å². The van der Waals surface area contributed by atoms with Crippen LogP contribution >= 0.6 is 0 Å². The van der Waals surface area contributed by atoms with Crippen molar-refractivity contribution in [3.05, 3.63) is 17.8 Å². The van der Waals surface area contributed by atoms with Gasteiger partial charge in [-0.1, -0.05) is 0 Å². The molecular formula is C11H18N4O2. The number of rotatable bonds is 5. The van der Waals surface area contributed by atoms with E-state index in [4.69, 9.17) is 10.8 Å². The molecule has 6 nitrogen and oxygen atoms in total. The second kappa shape index (κ2) is 5.49. The number of nitrogens with zero attached hydrogens (tertiary/aromatic N) is 3. The van der Waals surface area contributed by atoms with Crippen LogP contribution in [0, 0.1) is 0 Å². The number of aromatic carboxylic acids is 1. The Hall–Kier alpha value is -1.82. The third-order valence-electron chi connectivity index (χ3n) is 2.37. The number of carboxylic acids is 1. The Labute approximate surface area is 101 Å². The highest BCUT2D eigenvalue weighted by molar-refractivity contribution is 5.86. The zero-order valence-electron chi connectivity index (χ0n) is 10.3. The van der Waals surface area contributed by atoms with E-state index >= 15 is 0 Å². The number of likely N-dealkylation sites (N-methyl/N-ethyl adjacent to an activating group) is 2. The molecular weight excluding hydrogens is 220 g/mol. The Balaban J connectivity index is 2.87. The second-order valence-electron chi connectivity index (χ2n) is 4.14. The normalized spacial score (nSPS) is 10.6. The lowest BCUT2D eigenvalue weighted by Gasteiger charge is -2.22. The van der Waals surface area contributed by atoms with E-state index in [9.17, 15) is 4.79 Å². The Morgan fingerprint density at radius 3 is 2.53 bits per heavy atom. The summed E-state index contributed by atoms with van der Waals surface area (Å²) in [6, 6.07) is 2.97. The van der Waals surface area contributed by atoms with Crippen LogP contribution in [-0.2, 0) is 0 Å². The maximum atomic E-state index is 10.8. The highest BCUT2D eigenvalue weighted by Crippen LogP contribution is 2.19.